The zero-order chi connectivity index (χ0) is 20.2. The molecule has 1 N–H and O–H groups in total. The summed E-state index contributed by atoms with van der Waals surface area (Å²) >= 11 is 1.47. The van der Waals surface area contributed by atoms with Crippen LogP contribution in [0.2, 0.25) is 0 Å². The van der Waals surface area contributed by atoms with E-state index in [-0.39, 0.29) is 0 Å². The van der Waals surface area contributed by atoms with Crippen molar-refractivity contribution in [3.05, 3.63) is 66.2 Å². The molecule has 148 valence electrons. The number of nitrogens with zero attached hydrogens (tertiary/aromatic N) is 3. The van der Waals surface area contributed by atoms with Gasteiger partial charge in [0.15, 0.2) is 11.9 Å². The molecule has 0 saturated heterocycles. The normalized spacial score (nSPS) is 14.6. The number of nitrogens with one attached hydrogen (secondary N) is 1. The molecule has 1 aliphatic heterocycles. The van der Waals surface area contributed by atoms with Gasteiger partial charge in [0.05, 0.1) is 6.61 Å². The van der Waals surface area contributed by atoms with Crippen LogP contribution in [0.4, 0.5) is 5.69 Å². The summed E-state index contributed by atoms with van der Waals surface area (Å²) in [6, 6.07) is 14.0. The summed E-state index contributed by atoms with van der Waals surface area (Å²) in [5.74, 6) is 2.04. The Kier molecular flexibility index (Phi) is 5.67. The summed E-state index contributed by atoms with van der Waals surface area (Å²) in [4.78, 5) is 4.61. The molecule has 1 aliphatic rings. The van der Waals surface area contributed by atoms with Gasteiger partial charge < -0.3 is 14.8 Å². The predicted molar refractivity (Wildman–Crippen MR) is 116 cm³/mol. The number of fused-ring (bicyclic) bond motifs is 3. The van der Waals surface area contributed by atoms with Crippen molar-refractivity contribution in [2.24, 2.45) is 0 Å². The van der Waals surface area contributed by atoms with Gasteiger partial charge in [-0.15, -0.1) is 16.8 Å². The van der Waals surface area contributed by atoms with Crippen LogP contribution in [-0.2, 0) is 0 Å². The highest BCUT2D eigenvalue weighted by Crippen LogP contribution is 2.39. The average molecular weight is 407 g/mol. The molecular weight excluding hydrogens is 384 g/mol. The molecule has 3 aromatic rings. The Bertz CT molecular complexity index is 1040. The number of thioether (sulfide) groups is 1. The first-order valence-corrected chi connectivity index (χ1v) is 10.4. The van der Waals surface area contributed by atoms with Crippen molar-refractivity contribution < 1.29 is 9.47 Å². The summed E-state index contributed by atoms with van der Waals surface area (Å²) in [6.45, 7) is 8.38. The maximum atomic E-state index is 6.30. The molecule has 0 fully saturated rings. The van der Waals surface area contributed by atoms with Crippen LogP contribution in [0.1, 0.15) is 24.3 Å². The van der Waals surface area contributed by atoms with Crippen molar-refractivity contribution in [1.82, 2.24) is 15.2 Å². The molecule has 0 aliphatic carbocycles. The molecule has 0 amide bonds. The van der Waals surface area contributed by atoms with E-state index in [0.717, 1.165) is 28.1 Å². The first-order valence-electron chi connectivity index (χ1n) is 9.44. The van der Waals surface area contributed by atoms with Gasteiger partial charge in [0.25, 0.3) is 0 Å². The first-order chi connectivity index (χ1) is 14.2. The highest BCUT2D eigenvalue weighted by atomic mass is 32.2. The molecule has 0 spiro atoms. The van der Waals surface area contributed by atoms with Crippen LogP contribution in [0.5, 0.6) is 11.6 Å². The fourth-order valence-electron chi connectivity index (χ4n) is 3.15. The topological polar surface area (TPSA) is 69.2 Å². The zero-order valence-electron chi connectivity index (χ0n) is 16.4. The Balaban J connectivity index is 1.75. The Morgan fingerprint density at radius 2 is 2.10 bits per heavy atom. The van der Waals surface area contributed by atoms with E-state index in [0.29, 0.717) is 29.1 Å². The molecule has 29 heavy (non-hydrogen) atoms. The number of ether oxygens (including phenoxy) is 2. The minimum atomic E-state index is -0.416. The molecule has 0 unspecified atom stereocenters. The second-order valence-electron chi connectivity index (χ2n) is 6.49. The molecular formula is C22H22N4O2S. The van der Waals surface area contributed by atoms with Gasteiger partial charge in [-0.2, -0.15) is 4.98 Å². The monoisotopic (exact) mass is 406 g/mol. The fourth-order valence-corrected chi connectivity index (χ4v) is 3.66. The van der Waals surface area contributed by atoms with Crippen LogP contribution in [0, 0.1) is 6.92 Å². The Labute approximate surface area is 174 Å². The Hall–Kier alpha value is -3.06. The van der Waals surface area contributed by atoms with E-state index < -0.39 is 6.23 Å². The maximum absolute atomic E-state index is 6.30. The van der Waals surface area contributed by atoms with Gasteiger partial charge in [0, 0.05) is 22.6 Å². The van der Waals surface area contributed by atoms with E-state index in [2.05, 4.69) is 33.1 Å². The highest BCUT2D eigenvalue weighted by Gasteiger charge is 2.26. The van der Waals surface area contributed by atoms with E-state index in [4.69, 9.17) is 9.47 Å². The quantitative estimate of drug-likeness (QED) is 0.455. The lowest BCUT2D eigenvalue weighted by Gasteiger charge is -2.20. The summed E-state index contributed by atoms with van der Waals surface area (Å²) in [6.07, 6.45) is 1.39. The minimum Gasteiger partial charge on any atom is -0.494 e. The van der Waals surface area contributed by atoms with Gasteiger partial charge >= 0.3 is 0 Å². The number of rotatable bonds is 6. The van der Waals surface area contributed by atoms with Crippen LogP contribution >= 0.6 is 11.8 Å². The van der Waals surface area contributed by atoms with E-state index in [1.165, 1.54) is 11.8 Å². The summed E-state index contributed by atoms with van der Waals surface area (Å²) in [5, 5.41) is 12.7. The van der Waals surface area contributed by atoms with Crippen molar-refractivity contribution in [3.8, 4) is 22.9 Å². The molecule has 0 bridgehead atoms. The number of aromatic nitrogens is 3. The van der Waals surface area contributed by atoms with E-state index >= 15 is 0 Å². The molecule has 0 radical (unpaired) electrons. The molecule has 1 atom stereocenters. The van der Waals surface area contributed by atoms with Crippen molar-refractivity contribution in [2.75, 3.05) is 17.7 Å². The van der Waals surface area contributed by atoms with Gasteiger partial charge in [0.2, 0.25) is 11.0 Å². The zero-order valence-corrected chi connectivity index (χ0v) is 17.2. The lowest BCUT2D eigenvalue weighted by atomic mass is 10.1. The number of hydrogen-bond acceptors (Lipinski definition) is 7. The second-order valence-corrected chi connectivity index (χ2v) is 7.48. The van der Waals surface area contributed by atoms with Gasteiger partial charge in [-0.05, 0) is 43.7 Å². The average Bonchev–Trinajstić information content (AvgIpc) is 2.90. The molecule has 1 aromatic heterocycles. The van der Waals surface area contributed by atoms with Crippen LogP contribution < -0.4 is 14.8 Å². The lowest BCUT2D eigenvalue weighted by Crippen LogP contribution is -2.17. The Morgan fingerprint density at radius 3 is 2.90 bits per heavy atom. The van der Waals surface area contributed by atoms with Crippen LogP contribution in [0.25, 0.3) is 11.3 Å². The lowest BCUT2D eigenvalue weighted by molar-refractivity contribution is 0.225. The SMILES string of the molecule is C=CCSc1nnc2c(n1)O[C@@H](c1ccc(OCC)c(C)c1)Nc1ccccc1-2. The Morgan fingerprint density at radius 1 is 1.24 bits per heavy atom. The summed E-state index contributed by atoms with van der Waals surface area (Å²) < 4.78 is 12.0. The number of aryl methyl sites for hydroxylation is 1. The molecule has 0 saturated carbocycles. The van der Waals surface area contributed by atoms with Crippen molar-refractivity contribution >= 4 is 17.4 Å². The summed E-state index contributed by atoms with van der Waals surface area (Å²) in [7, 11) is 0. The number of anilines is 1. The standard InChI is InChI=1S/C22H22N4O2S/c1-4-12-29-22-24-21-19(25-26-22)16-8-6-7-9-17(16)23-20(28-21)15-10-11-18(27-5-2)14(3)13-15/h4,6-11,13,20,23H,1,5,12H2,2-3H3/t20-/m0/s1. The number of para-hydroxylation sites is 1. The first kappa shape index (κ1) is 19.3. The summed E-state index contributed by atoms with van der Waals surface area (Å²) in [5.41, 5.74) is 4.49. The molecule has 2 heterocycles. The van der Waals surface area contributed by atoms with Gasteiger partial charge in [-0.25, -0.2) is 0 Å². The maximum Gasteiger partial charge on any atom is 0.247 e. The number of benzene rings is 2. The molecule has 4 rings (SSSR count). The van der Waals surface area contributed by atoms with E-state index in [1.54, 1.807) is 0 Å². The van der Waals surface area contributed by atoms with E-state index in [1.807, 2.05) is 56.3 Å². The smallest absolute Gasteiger partial charge is 0.247 e. The predicted octanol–water partition coefficient (Wildman–Crippen LogP) is 5.03. The van der Waals surface area contributed by atoms with Crippen molar-refractivity contribution in [1.29, 1.82) is 0 Å². The van der Waals surface area contributed by atoms with Crippen molar-refractivity contribution in [2.45, 2.75) is 25.2 Å². The van der Waals surface area contributed by atoms with Gasteiger partial charge in [-0.3, -0.25) is 0 Å². The largest absolute Gasteiger partial charge is 0.494 e. The highest BCUT2D eigenvalue weighted by molar-refractivity contribution is 7.99. The minimum absolute atomic E-state index is 0.416. The number of hydrogen-bond donors (Lipinski definition) is 1. The fraction of sp³-hybridized carbons (Fsp3) is 0.227. The van der Waals surface area contributed by atoms with Crippen molar-refractivity contribution in [3.63, 3.8) is 0 Å². The van der Waals surface area contributed by atoms with Crippen LogP contribution in [-0.4, -0.2) is 27.5 Å². The van der Waals surface area contributed by atoms with Gasteiger partial charge in [-0.1, -0.05) is 36.0 Å². The van der Waals surface area contributed by atoms with Crippen LogP contribution in [0.15, 0.2) is 60.3 Å². The van der Waals surface area contributed by atoms with E-state index in [9.17, 15) is 0 Å². The second kappa shape index (κ2) is 8.53. The molecule has 7 heteroatoms. The third-order valence-corrected chi connectivity index (χ3v) is 5.30. The van der Waals surface area contributed by atoms with Crippen LogP contribution in [0.3, 0.4) is 0 Å². The molecule has 6 nitrogen and oxygen atoms in total. The molecule has 2 aromatic carbocycles. The third kappa shape index (κ3) is 4.05. The third-order valence-electron chi connectivity index (χ3n) is 4.47. The van der Waals surface area contributed by atoms with Gasteiger partial charge in [0.1, 0.15) is 5.75 Å².